The summed E-state index contributed by atoms with van der Waals surface area (Å²) < 4.78 is 19.3. The van der Waals surface area contributed by atoms with Gasteiger partial charge in [0.05, 0.1) is 12.7 Å². The second-order valence-electron chi connectivity index (χ2n) is 4.06. The lowest BCUT2D eigenvalue weighted by Crippen LogP contribution is -2.31. The molecule has 0 aliphatic carbocycles. The van der Waals surface area contributed by atoms with E-state index in [-0.39, 0.29) is 18.1 Å². The van der Waals surface area contributed by atoms with Gasteiger partial charge in [-0.2, -0.15) is 4.39 Å². The Morgan fingerprint density at radius 2 is 2.25 bits per heavy atom. The number of carbonyl (C=O) groups is 1. The number of nitrogen functional groups attached to an aromatic ring is 1. The zero-order valence-corrected chi connectivity index (χ0v) is 10.4. The second-order valence-corrected chi connectivity index (χ2v) is 4.06. The lowest BCUT2D eigenvalue weighted by molar-refractivity contribution is 0.0923. The van der Waals surface area contributed by atoms with E-state index >= 15 is 0 Å². The number of nitrogens with two attached hydrogens (primary N) is 1. The highest BCUT2D eigenvalue weighted by molar-refractivity contribution is 5.92. The molecule has 0 spiro atoms. The molecule has 9 heteroatoms. The summed E-state index contributed by atoms with van der Waals surface area (Å²) in [4.78, 5) is 35.6. The first-order chi connectivity index (χ1) is 9.42. The highest BCUT2D eigenvalue weighted by Gasteiger charge is 2.15. The van der Waals surface area contributed by atoms with Gasteiger partial charge in [-0.1, -0.05) is 0 Å². The molecule has 4 N–H and O–H groups in total. The summed E-state index contributed by atoms with van der Waals surface area (Å²) in [6.45, 7) is 1.49. The first-order valence-electron chi connectivity index (χ1n) is 5.52. The molecule has 0 fully saturated rings. The van der Waals surface area contributed by atoms with Gasteiger partial charge in [-0.25, -0.2) is 10.6 Å². The maximum absolute atomic E-state index is 13.1. The molecule has 0 radical (unpaired) electrons. The Balaban J connectivity index is 2.36. The summed E-state index contributed by atoms with van der Waals surface area (Å²) in [6, 6.07) is 1.51. The van der Waals surface area contributed by atoms with E-state index in [0.717, 1.165) is 10.8 Å². The van der Waals surface area contributed by atoms with Crippen LogP contribution in [0.2, 0.25) is 0 Å². The first kappa shape index (κ1) is 13.7. The molecular weight excluding hydrogens is 271 g/mol. The molecule has 8 nitrogen and oxygen atoms in total. The highest BCUT2D eigenvalue weighted by Crippen LogP contribution is 2.15. The van der Waals surface area contributed by atoms with Crippen molar-refractivity contribution in [2.45, 2.75) is 13.5 Å². The molecule has 2 rings (SSSR count). The van der Waals surface area contributed by atoms with Crippen LogP contribution >= 0.6 is 0 Å². The molecule has 20 heavy (non-hydrogen) atoms. The molecule has 2 heterocycles. The number of hydrazine groups is 1. The van der Waals surface area contributed by atoms with Crippen LogP contribution in [0.4, 0.5) is 4.39 Å². The monoisotopic (exact) mass is 282 g/mol. The minimum atomic E-state index is -1.09. The Hall–Kier alpha value is -2.68. The van der Waals surface area contributed by atoms with Gasteiger partial charge < -0.3 is 4.42 Å². The quantitative estimate of drug-likeness (QED) is 0.387. The summed E-state index contributed by atoms with van der Waals surface area (Å²) in [5.41, 5.74) is 0.559. The van der Waals surface area contributed by atoms with Crippen LogP contribution in [0.3, 0.4) is 0 Å². The van der Waals surface area contributed by atoms with Gasteiger partial charge in [0.25, 0.3) is 5.56 Å². The van der Waals surface area contributed by atoms with Gasteiger partial charge in [-0.05, 0) is 13.0 Å². The van der Waals surface area contributed by atoms with E-state index in [0.29, 0.717) is 5.56 Å². The first-order valence-corrected chi connectivity index (χ1v) is 5.52. The van der Waals surface area contributed by atoms with Crippen molar-refractivity contribution in [1.29, 1.82) is 0 Å². The largest absolute Gasteiger partial charge is 0.454 e. The minimum Gasteiger partial charge on any atom is -0.454 e. The number of hydrogen-bond donors (Lipinski definition) is 3. The average molecular weight is 282 g/mol. The molecule has 0 saturated carbocycles. The molecule has 0 atom stereocenters. The second kappa shape index (κ2) is 5.13. The van der Waals surface area contributed by atoms with Gasteiger partial charge in [0.15, 0.2) is 5.76 Å². The van der Waals surface area contributed by atoms with Crippen LogP contribution in [0.1, 0.15) is 21.9 Å². The third-order valence-corrected chi connectivity index (χ3v) is 2.60. The predicted octanol–water partition coefficient (Wildman–Crippen LogP) is -0.771. The summed E-state index contributed by atoms with van der Waals surface area (Å²) in [7, 11) is 0. The van der Waals surface area contributed by atoms with E-state index in [4.69, 9.17) is 10.3 Å². The van der Waals surface area contributed by atoms with Gasteiger partial charge in [0.2, 0.25) is 5.82 Å². The Morgan fingerprint density at radius 3 is 2.90 bits per heavy atom. The SMILES string of the molecule is Cc1cc(Cn2cc(F)c(=O)[nH]c2=O)oc1C(=O)NN. The Labute approximate surface area is 111 Å². The van der Waals surface area contributed by atoms with E-state index < -0.39 is 23.0 Å². The van der Waals surface area contributed by atoms with Crippen LogP contribution in [0.15, 0.2) is 26.3 Å². The number of furan rings is 1. The lowest BCUT2D eigenvalue weighted by atomic mass is 10.2. The van der Waals surface area contributed by atoms with Crippen molar-refractivity contribution >= 4 is 5.91 Å². The van der Waals surface area contributed by atoms with E-state index in [9.17, 15) is 18.8 Å². The van der Waals surface area contributed by atoms with Crippen molar-refractivity contribution in [3.63, 3.8) is 0 Å². The van der Waals surface area contributed by atoms with Gasteiger partial charge in [0, 0.05) is 5.56 Å². The maximum atomic E-state index is 13.1. The van der Waals surface area contributed by atoms with Crippen molar-refractivity contribution in [1.82, 2.24) is 15.0 Å². The number of nitrogens with one attached hydrogen (secondary N) is 2. The molecule has 0 aromatic carbocycles. The van der Waals surface area contributed by atoms with Gasteiger partial charge >= 0.3 is 11.6 Å². The summed E-state index contributed by atoms with van der Waals surface area (Å²) in [5.74, 6) is 3.53. The predicted molar refractivity (Wildman–Crippen MR) is 65.5 cm³/mol. The van der Waals surface area contributed by atoms with Crippen LogP contribution in [-0.2, 0) is 6.54 Å². The third kappa shape index (κ3) is 2.52. The lowest BCUT2D eigenvalue weighted by Gasteiger charge is -2.02. The van der Waals surface area contributed by atoms with Crippen LogP contribution in [-0.4, -0.2) is 15.5 Å². The van der Waals surface area contributed by atoms with E-state index in [1.54, 1.807) is 6.92 Å². The highest BCUT2D eigenvalue weighted by atomic mass is 19.1. The fraction of sp³-hybridized carbons (Fsp3) is 0.182. The van der Waals surface area contributed by atoms with Crippen molar-refractivity contribution in [2.75, 3.05) is 0 Å². The van der Waals surface area contributed by atoms with Crippen molar-refractivity contribution in [2.24, 2.45) is 5.84 Å². The summed E-state index contributed by atoms with van der Waals surface area (Å²) in [5, 5.41) is 0. The Bertz CT molecular complexity index is 773. The molecule has 2 aromatic heterocycles. The average Bonchev–Trinajstić information content (AvgIpc) is 2.76. The fourth-order valence-electron chi connectivity index (χ4n) is 1.69. The van der Waals surface area contributed by atoms with Gasteiger partial charge in [-0.3, -0.25) is 24.6 Å². The summed E-state index contributed by atoms with van der Waals surface area (Å²) in [6.07, 6.45) is 0.766. The molecule has 106 valence electrons. The summed E-state index contributed by atoms with van der Waals surface area (Å²) >= 11 is 0. The Kier molecular flexibility index (Phi) is 3.53. The van der Waals surface area contributed by atoms with Crippen LogP contribution < -0.4 is 22.5 Å². The molecule has 0 bridgehead atoms. The number of hydrogen-bond acceptors (Lipinski definition) is 5. The standard InChI is InChI=1S/C11H11FN4O4/c1-5-2-6(20-8(5)10(18)15-13)3-16-4-7(12)9(17)14-11(16)19/h2,4H,3,13H2,1H3,(H,15,18)(H,14,17,19). The van der Waals surface area contributed by atoms with Crippen molar-refractivity contribution in [3.05, 3.63) is 56.0 Å². The number of halogens is 1. The number of carbonyl (C=O) groups excluding carboxylic acids is 1. The number of aromatic amines is 1. The molecule has 0 aliphatic rings. The van der Waals surface area contributed by atoms with Gasteiger partial charge in [0.1, 0.15) is 5.76 Å². The van der Waals surface area contributed by atoms with Gasteiger partial charge in [-0.15, -0.1) is 0 Å². The van der Waals surface area contributed by atoms with E-state index in [2.05, 4.69) is 0 Å². The number of nitrogens with zero attached hydrogens (tertiary/aromatic N) is 1. The van der Waals surface area contributed by atoms with Crippen LogP contribution in [0, 0.1) is 12.7 Å². The molecular formula is C11H11FN4O4. The zero-order valence-electron chi connectivity index (χ0n) is 10.4. The molecule has 0 unspecified atom stereocenters. The molecule has 2 aromatic rings. The smallest absolute Gasteiger partial charge is 0.328 e. The molecule has 0 aliphatic heterocycles. The van der Waals surface area contributed by atoms with Crippen molar-refractivity contribution < 1.29 is 13.6 Å². The van der Waals surface area contributed by atoms with Crippen molar-refractivity contribution in [3.8, 4) is 0 Å². The number of H-pyrrole nitrogens is 1. The third-order valence-electron chi connectivity index (χ3n) is 2.60. The molecule has 1 amide bonds. The fourth-order valence-corrected chi connectivity index (χ4v) is 1.69. The normalized spacial score (nSPS) is 10.6. The Morgan fingerprint density at radius 1 is 1.55 bits per heavy atom. The van der Waals surface area contributed by atoms with Crippen LogP contribution in [0.5, 0.6) is 0 Å². The topological polar surface area (TPSA) is 123 Å². The van der Waals surface area contributed by atoms with E-state index in [1.807, 2.05) is 10.4 Å². The maximum Gasteiger partial charge on any atom is 0.328 e. The van der Waals surface area contributed by atoms with Crippen LogP contribution in [0.25, 0.3) is 0 Å². The molecule has 0 saturated heterocycles. The number of aryl methyl sites for hydroxylation is 1. The van der Waals surface area contributed by atoms with E-state index in [1.165, 1.54) is 6.07 Å². The minimum absolute atomic E-state index is 0.000413. The number of amides is 1. The number of rotatable bonds is 3. The number of aromatic nitrogens is 2. The zero-order chi connectivity index (χ0) is 14.9.